The van der Waals surface area contributed by atoms with E-state index in [2.05, 4.69) is 0 Å². The third kappa shape index (κ3) is 3.97. The number of hydrogen-bond donors (Lipinski definition) is 1. The molecule has 0 spiro atoms. The van der Waals surface area contributed by atoms with E-state index in [0.29, 0.717) is 24.3 Å². The van der Waals surface area contributed by atoms with Crippen LogP contribution in [0.5, 0.6) is 5.75 Å². The molecule has 5 nitrogen and oxygen atoms in total. The maximum absolute atomic E-state index is 12.6. The van der Waals surface area contributed by atoms with Crippen molar-refractivity contribution in [1.82, 2.24) is 4.90 Å². The molecule has 1 aromatic rings. The Morgan fingerprint density at radius 2 is 2.00 bits per heavy atom. The van der Waals surface area contributed by atoms with E-state index in [9.17, 15) is 9.59 Å². The van der Waals surface area contributed by atoms with Gasteiger partial charge in [0.25, 0.3) is 5.91 Å². The van der Waals surface area contributed by atoms with Crippen LogP contribution in [0.1, 0.15) is 42.5 Å². The zero-order valence-electron chi connectivity index (χ0n) is 12.2. The predicted molar refractivity (Wildman–Crippen MR) is 78.5 cm³/mol. The number of carboxylic acids is 1. The van der Waals surface area contributed by atoms with Gasteiger partial charge in [0, 0.05) is 24.6 Å². The van der Waals surface area contributed by atoms with Crippen molar-refractivity contribution in [2.75, 3.05) is 13.7 Å². The molecule has 1 N–H and O–H groups in total. The van der Waals surface area contributed by atoms with Crippen molar-refractivity contribution in [3.05, 3.63) is 29.8 Å². The van der Waals surface area contributed by atoms with Gasteiger partial charge in [-0.05, 0) is 49.9 Å². The van der Waals surface area contributed by atoms with Crippen LogP contribution in [0.2, 0.25) is 0 Å². The zero-order chi connectivity index (χ0) is 15.2. The molecule has 1 heterocycles. The van der Waals surface area contributed by atoms with Crippen LogP contribution in [0.25, 0.3) is 0 Å². The van der Waals surface area contributed by atoms with Gasteiger partial charge in [-0.15, -0.1) is 0 Å². The molecule has 0 radical (unpaired) electrons. The molecular weight excluding hydrogens is 270 g/mol. The van der Waals surface area contributed by atoms with Crippen LogP contribution in [0.15, 0.2) is 24.3 Å². The Labute approximate surface area is 124 Å². The minimum absolute atomic E-state index is 0.0206. The number of nitrogens with zero attached hydrogens (tertiary/aromatic N) is 1. The predicted octanol–water partition coefficient (Wildman–Crippen LogP) is 2.55. The summed E-state index contributed by atoms with van der Waals surface area (Å²) in [5, 5.41) is 8.83. The van der Waals surface area contributed by atoms with E-state index in [1.54, 1.807) is 31.4 Å². The number of ether oxygens (including phenoxy) is 1. The average molecular weight is 291 g/mol. The SMILES string of the molecule is COc1ccc(C(=O)N2CCCC[C@@H]2CCC(=O)O)cc1. The van der Waals surface area contributed by atoms with Crippen molar-refractivity contribution in [2.24, 2.45) is 0 Å². The van der Waals surface area contributed by atoms with Crippen molar-refractivity contribution in [1.29, 1.82) is 0 Å². The topological polar surface area (TPSA) is 66.8 Å². The van der Waals surface area contributed by atoms with Crippen LogP contribution in [0, 0.1) is 0 Å². The van der Waals surface area contributed by atoms with Crippen molar-refractivity contribution in [2.45, 2.75) is 38.1 Å². The summed E-state index contributed by atoms with van der Waals surface area (Å²) in [5.74, 6) is -0.113. The smallest absolute Gasteiger partial charge is 0.303 e. The first-order valence-corrected chi connectivity index (χ1v) is 7.28. The largest absolute Gasteiger partial charge is 0.497 e. The Balaban J connectivity index is 2.08. The molecule has 0 saturated carbocycles. The second kappa shape index (κ2) is 7.11. The summed E-state index contributed by atoms with van der Waals surface area (Å²) in [6, 6.07) is 7.07. The van der Waals surface area contributed by atoms with E-state index < -0.39 is 5.97 Å². The lowest BCUT2D eigenvalue weighted by Gasteiger charge is -2.35. The lowest BCUT2D eigenvalue weighted by Crippen LogP contribution is -2.43. The average Bonchev–Trinajstić information content (AvgIpc) is 2.52. The van der Waals surface area contributed by atoms with E-state index in [-0.39, 0.29) is 18.4 Å². The van der Waals surface area contributed by atoms with Crippen LogP contribution in [0.4, 0.5) is 0 Å². The van der Waals surface area contributed by atoms with Gasteiger partial charge in [-0.1, -0.05) is 0 Å². The quantitative estimate of drug-likeness (QED) is 0.905. The number of piperidine rings is 1. The van der Waals surface area contributed by atoms with E-state index in [4.69, 9.17) is 9.84 Å². The molecule has 0 unspecified atom stereocenters. The highest BCUT2D eigenvalue weighted by Crippen LogP contribution is 2.23. The van der Waals surface area contributed by atoms with Gasteiger partial charge in [0.15, 0.2) is 0 Å². The zero-order valence-corrected chi connectivity index (χ0v) is 12.2. The first-order chi connectivity index (χ1) is 10.1. The number of carboxylic acid groups (broad SMARTS) is 1. The van der Waals surface area contributed by atoms with Crippen molar-refractivity contribution in [3.63, 3.8) is 0 Å². The van der Waals surface area contributed by atoms with Gasteiger partial charge in [0.1, 0.15) is 5.75 Å². The Bertz CT molecular complexity index is 498. The Hall–Kier alpha value is -2.04. The lowest BCUT2D eigenvalue weighted by molar-refractivity contribution is -0.137. The molecule has 1 saturated heterocycles. The highest BCUT2D eigenvalue weighted by molar-refractivity contribution is 5.94. The summed E-state index contributed by atoms with van der Waals surface area (Å²) in [7, 11) is 1.59. The van der Waals surface area contributed by atoms with E-state index in [1.807, 2.05) is 4.90 Å². The summed E-state index contributed by atoms with van der Waals surface area (Å²) in [4.78, 5) is 25.2. The van der Waals surface area contributed by atoms with Crippen LogP contribution in [-0.4, -0.2) is 41.6 Å². The fourth-order valence-corrected chi connectivity index (χ4v) is 2.76. The standard InChI is InChI=1S/C16H21NO4/c1-21-14-8-5-12(6-9-14)16(20)17-11-3-2-4-13(17)7-10-15(18)19/h5-6,8-9,13H,2-4,7,10-11H2,1H3,(H,18,19)/t13-/m1/s1. The minimum Gasteiger partial charge on any atom is -0.497 e. The van der Waals surface area contributed by atoms with Crippen LogP contribution in [-0.2, 0) is 4.79 Å². The van der Waals surface area contributed by atoms with Crippen molar-refractivity contribution < 1.29 is 19.4 Å². The normalized spacial score (nSPS) is 18.3. The van der Waals surface area contributed by atoms with Crippen molar-refractivity contribution in [3.8, 4) is 5.75 Å². The number of amides is 1. The third-order valence-electron chi connectivity index (χ3n) is 3.92. The second-order valence-corrected chi connectivity index (χ2v) is 5.31. The van der Waals surface area contributed by atoms with Gasteiger partial charge >= 0.3 is 5.97 Å². The Kier molecular flexibility index (Phi) is 5.20. The molecule has 1 atom stereocenters. The number of hydrogen-bond acceptors (Lipinski definition) is 3. The molecule has 114 valence electrons. The number of benzene rings is 1. The molecule has 2 rings (SSSR count). The number of likely N-dealkylation sites (tertiary alicyclic amines) is 1. The Morgan fingerprint density at radius 3 is 2.62 bits per heavy atom. The van der Waals surface area contributed by atoms with Crippen molar-refractivity contribution >= 4 is 11.9 Å². The van der Waals surface area contributed by atoms with E-state index in [1.165, 1.54) is 0 Å². The molecule has 0 aromatic heterocycles. The molecule has 1 aliphatic rings. The maximum Gasteiger partial charge on any atom is 0.303 e. The number of carbonyl (C=O) groups excluding carboxylic acids is 1. The maximum atomic E-state index is 12.6. The second-order valence-electron chi connectivity index (χ2n) is 5.31. The van der Waals surface area contributed by atoms with Gasteiger partial charge in [-0.25, -0.2) is 0 Å². The first-order valence-electron chi connectivity index (χ1n) is 7.28. The molecule has 0 bridgehead atoms. The molecule has 1 aliphatic heterocycles. The summed E-state index contributed by atoms with van der Waals surface area (Å²) in [6.45, 7) is 0.704. The van der Waals surface area contributed by atoms with E-state index in [0.717, 1.165) is 19.3 Å². The number of methoxy groups -OCH3 is 1. The summed E-state index contributed by atoms with van der Waals surface area (Å²) in [5.41, 5.74) is 0.623. The van der Waals surface area contributed by atoms with Crippen LogP contribution < -0.4 is 4.74 Å². The minimum atomic E-state index is -0.808. The molecule has 1 aromatic carbocycles. The van der Waals surface area contributed by atoms with E-state index >= 15 is 0 Å². The molecule has 5 heteroatoms. The number of rotatable bonds is 5. The molecule has 1 fully saturated rings. The molecular formula is C16H21NO4. The number of aliphatic carboxylic acids is 1. The van der Waals surface area contributed by atoms with Gasteiger partial charge in [0.2, 0.25) is 0 Å². The Morgan fingerprint density at radius 1 is 1.29 bits per heavy atom. The fourth-order valence-electron chi connectivity index (χ4n) is 2.76. The monoisotopic (exact) mass is 291 g/mol. The fraction of sp³-hybridized carbons (Fsp3) is 0.500. The van der Waals surface area contributed by atoms with Gasteiger partial charge in [-0.3, -0.25) is 9.59 Å². The summed E-state index contributed by atoms with van der Waals surface area (Å²) < 4.78 is 5.09. The van der Waals surface area contributed by atoms with Crippen LogP contribution >= 0.6 is 0 Å². The molecule has 1 amide bonds. The first kappa shape index (κ1) is 15.4. The number of carbonyl (C=O) groups is 2. The summed E-state index contributed by atoms with van der Waals surface area (Å²) in [6.07, 6.45) is 3.55. The molecule has 0 aliphatic carbocycles. The highest BCUT2D eigenvalue weighted by atomic mass is 16.5. The van der Waals surface area contributed by atoms with Gasteiger partial charge in [0.05, 0.1) is 7.11 Å². The summed E-state index contributed by atoms with van der Waals surface area (Å²) >= 11 is 0. The third-order valence-corrected chi connectivity index (χ3v) is 3.92. The van der Waals surface area contributed by atoms with Gasteiger partial charge in [-0.2, -0.15) is 0 Å². The molecule has 21 heavy (non-hydrogen) atoms. The van der Waals surface area contributed by atoms with Gasteiger partial charge < -0.3 is 14.7 Å². The van der Waals surface area contributed by atoms with Crippen LogP contribution in [0.3, 0.4) is 0 Å². The highest BCUT2D eigenvalue weighted by Gasteiger charge is 2.27. The lowest BCUT2D eigenvalue weighted by atomic mass is 9.97.